The quantitative estimate of drug-likeness (QED) is 0.593. The van der Waals surface area contributed by atoms with E-state index in [0.717, 1.165) is 26.9 Å². The summed E-state index contributed by atoms with van der Waals surface area (Å²) in [4.78, 5) is 2.61. The van der Waals surface area contributed by atoms with E-state index in [1.807, 2.05) is 25.1 Å². The third-order valence-corrected chi connectivity index (χ3v) is 6.31. The van der Waals surface area contributed by atoms with Crippen LogP contribution in [0.4, 0.5) is 0 Å². The maximum absolute atomic E-state index is 11.3. The van der Waals surface area contributed by atoms with Gasteiger partial charge in [-0.2, -0.15) is 0 Å². The molecule has 0 saturated carbocycles. The van der Waals surface area contributed by atoms with Crippen LogP contribution in [0.25, 0.3) is 5.70 Å². The van der Waals surface area contributed by atoms with Crippen LogP contribution in [0.2, 0.25) is 0 Å². The van der Waals surface area contributed by atoms with Gasteiger partial charge in [-0.15, -0.1) is 23.1 Å². The highest BCUT2D eigenvalue weighted by Gasteiger charge is 2.18. The van der Waals surface area contributed by atoms with E-state index in [1.165, 1.54) is 17.8 Å². The standard InChI is InChI=1S/C13H14ClNO2S3/c1-5-7-10(15(3)12(6-2)18-4)11-8-9-13(19-11)20(14,16)17/h5,8-9H,2H2,1,3-4H3. The van der Waals surface area contributed by atoms with Gasteiger partial charge in [0.15, 0.2) is 0 Å². The van der Waals surface area contributed by atoms with Gasteiger partial charge in [0.1, 0.15) is 14.9 Å². The molecule has 7 heteroatoms. The van der Waals surface area contributed by atoms with Crippen molar-refractivity contribution in [1.29, 1.82) is 0 Å². The van der Waals surface area contributed by atoms with Crippen molar-refractivity contribution in [1.82, 2.24) is 4.90 Å². The van der Waals surface area contributed by atoms with E-state index < -0.39 is 9.05 Å². The van der Waals surface area contributed by atoms with Crippen molar-refractivity contribution in [3.8, 4) is 0 Å². The number of hydrogen-bond acceptors (Lipinski definition) is 5. The summed E-state index contributed by atoms with van der Waals surface area (Å²) < 4.78 is 22.8. The molecule has 0 aliphatic heterocycles. The van der Waals surface area contributed by atoms with Crippen molar-refractivity contribution in [3.05, 3.63) is 46.2 Å². The summed E-state index contributed by atoms with van der Waals surface area (Å²) in [7, 11) is 3.50. The number of thioether (sulfide) groups is 1. The number of halogens is 1. The molecule has 0 aliphatic rings. The normalized spacial score (nSPS) is 10.4. The average Bonchev–Trinajstić information content (AvgIpc) is 2.86. The van der Waals surface area contributed by atoms with Crippen LogP contribution in [-0.4, -0.2) is 26.6 Å². The van der Waals surface area contributed by atoms with Gasteiger partial charge in [0.25, 0.3) is 9.05 Å². The minimum atomic E-state index is -3.71. The number of hydrogen-bond donors (Lipinski definition) is 0. The summed E-state index contributed by atoms with van der Waals surface area (Å²) >= 11 is 2.60. The predicted octanol–water partition coefficient (Wildman–Crippen LogP) is 4.11. The van der Waals surface area contributed by atoms with Gasteiger partial charge < -0.3 is 4.90 Å². The highest BCUT2D eigenvalue weighted by molar-refractivity contribution is 8.15. The van der Waals surface area contributed by atoms with Gasteiger partial charge in [-0.25, -0.2) is 8.42 Å². The molecule has 0 spiro atoms. The molecule has 3 nitrogen and oxygen atoms in total. The Hall–Kier alpha value is -0.870. The van der Waals surface area contributed by atoms with Crippen molar-refractivity contribution in [2.45, 2.75) is 11.1 Å². The van der Waals surface area contributed by atoms with E-state index in [2.05, 4.69) is 18.0 Å². The average molecular weight is 348 g/mol. The first-order chi connectivity index (χ1) is 9.35. The Kier molecular flexibility index (Phi) is 6.21. The molecule has 0 aromatic carbocycles. The summed E-state index contributed by atoms with van der Waals surface area (Å²) in [5.41, 5.74) is 6.68. The lowest BCUT2D eigenvalue weighted by molar-refractivity contribution is 0.611. The monoisotopic (exact) mass is 347 g/mol. The van der Waals surface area contributed by atoms with Crippen molar-refractivity contribution in [2.24, 2.45) is 0 Å². The second-order valence-corrected chi connectivity index (χ2v) is 8.25. The minimum Gasteiger partial charge on any atom is -0.325 e. The Balaban J connectivity index is 3.34. The first kappa shape index (κ1) is 17.2. The summed E-state index contributed by atoms with van der Waals surface area (Å²) in [5, 5.41) is 0.818. The van der Waals surface area contributed by atoms with Crippen molar-refractivity contribution in [3.63, 3.8) is 0 Å². The van der Waals surface area contributed by atoms with E-state index >= 15 is 0 Å². The highest BCUT2D eigenvalue weighted by atomic mass is 35.7. The fourth-order valence-corrected chi connectivity index (χ4v) is 4.10. The van der Waals surface area contributed by atoms with E-state index in [9.17, 15) is 8.42 Å². The molecule has 0 amide bonds. The second-order valence-electron chi connectivity index (χ2n) is 3.58. The van der Waals surface area contributed by atoms with Crippen LogP contribution in [0.15, 0.2) is 45.5 Å². The third kappa shape index (κ3) is 4.06. The van der Waals surface area contributed by atoms with E-state index in [-0.39, 0.29) is 4.21 Å². The lowest BCUT2D eigenvalue weighted by Gasteiger charge is -2.20. The van der Waals surface area contributed by atoms with Crippen molar-refractivity contribution >= 4 is 48.5 Å². The summed E-state index contributed by atoms with van der Waals surface area (Å²) in [6, 6.07) is 3.20. The van der Waals surface area contributed by atoms with Crippen LogP contribution >= 0.6 is 33.8 Å². The second kappa shape index (κ2) is 7.23. The molecule has 0 radical (unpaired) electrons. The van der Waals surface area contributed by atoms with Crippen LogP contribution in [0.5, 0.6) is 0 Å². The zero-order valence-electron chi connectivity index (χ0n) is 11.3. The van der Waals surface area contributed by atoms with Gasteiger partial charge in [-0.1, -0.05) is 18.0 Å². The van der Waals surface area contributed by atoms with Gasteiger partial charge in [0, 0.05) is 17.7 Å². The summed E-state index contributed by atoms with van der Waals surface area (Å²) in [6.45, 7) is 5.49. The molecular weight excluding hydrogens is 334 g/mol. The lowest BCUT2D eigenvalue weighted by Crippen LogP contribution is -2.12. The van der Waals surface area contributed by atoms with Crippen LogP contribution in [0.3, 0.4) is 0 Å². The SMILES string of the molecule is C=C=C(SC)N(C)C(=C=CC)c1ccc(S(=O)(=O)Cl)s1. The molecule has 0 saturated heterocycles. The molecule has 108 valence electrons. The topological polar surface area (TPSA) is 37.4 Å². The fraction of sp³-hybridized carbons (Fsp3) is 0.231. The summed E-state index contributed by atoms with van der Waals surface area (Å²) in [6.07, 6.45) is 3.68. The van der Waals surface area contributed by atoms with Crippen LogP contribution in [0, 0.1) is 0 Å². The van der Waals surface area contributed by atoms with Gasteiger partial charge in [-0.05, 0) is 31.4 Å². The Morgan fingerprint density at radius 2 is 2.20 bits per heavy atom. The maximum Gasteiger partial charge on any atom is 0.270 e. The number of thiophene rings is 1. The maximum atomic E-state index is 11.3. The smallest absolute Gasteiger partial charge is 0.270 e. The Bertz CT molecular complexity index is 706. The first-order valence-electron chi connectivity index (χ1n) is 5.49. The lowest BCUT2D eigenvalue weighted by atomic mass is 10.3. The number of nitrogens with zero attached hydrogens (tertiary/aromatic N) is 1. The van der Waals surface area contributed by atoms with E-state index in [4.69, 9.17) is 10.7 Å². The molecule has 0 bridgehead atoms. The molecule has 1 aromatic heterocycles. The largest absolute Gasteiger partial charge is 0.325 e. The van der Waals surface area contributed by atoms with Gasteiger partial charge >= 0.3 is 0 Å². The highest BCUT2D eigenvalue weighted by Crippen LogP contribution is 2.33. The number of allylic oxidation sites excluding steroid dienone is 1. The molecule has 0 unspecified atom stereocenters. The van der Waals surface area contributed by atoms with Crippen LogP contribution in [-0.2, 0) is 9.05 Å². The minimum absolute atomic E-state index is 0.117. The van der Waals surface area contributed by atoms with Gasteiger partial charge in [-0.3, -0.25) is 0 Å². The zero-order valence-corrected chi connectivity index (χ0v) is 14.5. The molecule has 1 heterocycles. The van der Waals surface area contributed by atoms with E-state index in [0.29, 0.717) is 0 Å². The fourth-order valence-electron chi connectivity index (χ4n) is 1.48. The van der Waals surface area contributed by atoms with Gasteiger partial charge in [0.05, 0.1) is 4.88 Å². The van der Waals surface area contributed by atoms with Crippen LogP contribution in [0.1, 0.15) is 11.8 Å². The molecule has 0 aliphatic carbocycles. The molecule has 1 rings (SSSR count). The first-order valence-corrected chi connectivity index (χ1v) is 9.84. The van der Waals surface area contributed by atoms with Crippen LogP contribution < -0.4 is 0 Å². The number of rotatable bonds is 5. The van der Waals surface area contributed by atoms with Gasteiger partial charge in [0.2, 0.25) is 0 Å². The van der Waals surface area contributed by atoms with Crippen molar-refractivity contribution in [2.75, 3.05) is 13.3 Å². The molecule has 1 aromatic rings. The molecular formula is C13H14ClNO2S3. The van der Waals surface area contributed by atoms with Crippen molar-refractivity contribution < 1.29 is 8.42 Å². The molecule has 0 atom stereocenters. The zero-order chi connectivity index (χ0) is 15.3. The molecule has 0 N–H and O–H groups in total. The third-order valence-electron chi connectivity index (χ3n) is 2.32. The Labute approximate surface area is 132 Å². The Morgan fingerprint density at radius 1 is 1.55 bits per heavy atom. The predicted molar refractivity (Wildman–Crippen MR) is 88.5 cm³/mol. The summed E-state index contributed by atoms with van der Waals surface area (Å²) in [5.74, 6) is 0. The molecule has 0 fully saturated rings. The Morgan fingerprint density at radius 3 is 2.60 bits per heavy atom. The molecule has 20 heavy (non-hydrogen) atoms. The van der Waals surface area contributed by atoms with E-state index in [1.54, 1.807) is 12.1 Å².